The number of ether oxygens (including phenoxy) is 1. The topological polar surface area (TPSA) is 66.8 Å². The molecule has 0 heterocycles. The minimum absolute atomic E-state index is 0.231. The first-order valence-corrected chi connectivity index (χ1v) is 4.79. The first-order valence-electron chi connectivity index (χ1n) is 3.64. The lowest BCUT2D eigenvalue weighted by Crippen LogP contribution is -2.15. The summed E-state index contributed by atoms with van der Waals surface area (Å²) in [4.78, 5) is 10.6. The molecule has 0 saturated heterocycles. The van der Waals surface area contributed by atoms with Gasteiger partial charge in [-0.25, -0.2) is 0 Å². The first kappa shape index (κ1) is 11.7. The number of aliphatic hydroxyl groups excluding tert-OH is 2. The lowest BCUT2D eigenvalue weighted by atomic mass is 10.4. The van der Waals surface area contributed by atoms with E-state index < -0.39 is 6.10 Å². The number of thioether (sulfide) groups is 1. The molecule has 0 aromatic carbocycles. The molecule has 0 aliphatic rings. The Morgan fingerprint density at radius 2 is 2.33 bits per heavy atom. The van der Waals surface area contributed by atoms with Crippen LogP contribution in [0.5, 0.6) is 0 Å². The van der Waals surface area contributed by atoms with Gasteiger partial charge in [0.1, 0.15) is 0 Å². The molecule has 5 heteroatoms. The van der Waals surface area contributed by atoms with Gasteiger partial charge in [-0.3, -0.25) is 4.79 Å². The van der Waals surface area contributed by atoms with E-state index in [9.17, 15) is 4.79 Å². The molecule has 72 valence electrons. The van der Waals surface area contributed by atoms with Crippen LogP contribution in [0.2, 0.25) is 0 Å². The molecule has 0 rings (SSSR count). The summed E-state index contributed by atoms with van der Waals surface area (Å²) < 4.78 is 4.42. The molecule has 0 spiro atoms. The van der Waals surface area contributed by atoms with Crippen LogP contribution < -0.4 is 0 Å². The molecule has 1 atom stereocenters. The van der Waals surface area contributed by atoms with E-state index in [2.05, 4.69) is 4.74 Å². The van der Waals surface area contributed by atoms with E-state index >= 15 is 0 Å². The average Bonchev–Trinajstić information content (AvgIpc) is 2.11. The quantitative estimate of drug-likeness (QED) is 0.446. The van der Waals surface area contributed by atoms with Gasteiger partial charge in [-0.15, -0.1) is 0 Å². The molecule has 4 nitrogen and oxygen atoms in total. The largest absolute Gasteiger partial charge is 0.469 e. The summed E-state index contributed by atoms with van der Waals surface area (Å²) >= 11 is 1.42. The number of hydrogen-bond donors (Lipinski definition) is 2. The Morgan fingerprint density at radius 3 is 2.83 bits per heavy atom. The third-order valence-electron chi connectivity index (χ3n) is 1.20. The highest BCUT2D eigenvalue weighted by molar-refractivity contribution is 7.99. The lowest BCUT2D eigenvalue weighted by molar-refractivity contribution is -0.140. The van der Waals surface area contributed by atoms with Crippen molar-refractivity contribution >= 4 is 17.7 Å². The van der Waals surface area contributed by atoms with Crippen molar-refractivity contribution in [1.29, 1.82) is 0 Å². The second-order valence-corrected chi connectivity index (χ2v) is 3.39. The van der Waals surface area contributed by atoms with Crippen molar-refractivity contribution < 1.29 is 19.7 Å². The minimum atomic E-state index is -0.687. The van der Waals surface area contributed by atoms with E-state index in [1.807, 2.05) is 0 Å². The molecule has 0 amide bonds. The zero-order valence-electron chi connectivity index (χ0n) is 7.02. The van der Waals surface area contributed by atoms with Crippen LogP contribution in [0.4, 0.5) is 0 Å². The first-order chi connectivity index (χ1) is 5.70. The molecule has 0 aromatic rings. The Labute approximate surface area is 75.9 Å². The van der Waals surface area contributed by atoms with Crippen molar-refractivity contribution in [3.05, 3.63) is 0 Å². The van der Waals surface area contributed by atoms with Gasteiger partial charge >= 0.3 is 5.97 Å². The van der Waals surface area contributed by atoms with Gasteiger partial charge in [-0.2, -0.15) is 11.8 Å². The minimum Gasteiger partial charge on any atom is -0.469 e. The molecule has 1 unspecified atom stereocenters. The Balaban J connectivity index is 3.15. The number of methoxy groups -OCH3 is 1. The molecular weight excluding hydrogens is 180 g/mol. The van der Waals surface area contributed by atoms with Gasteiger partial charge < -0.3 is 14.9 Å². The third kappa shape index (κ3) is 6.45. The zero-order valence-corrected chi connectivity index (χ0v) is 7.84. The van der Waals surface area contributed by atoms with Gasteiger partial charge in [-0.1, -0.05) is 0 Å². The molecule has 0 radical (unpaired) electrons. The molecule has 0 saturated carbocycles. The Hall–Kier alpha value is -0.260. The monoisotopic (exact) mass is 194 g/mol. The summed E-state index contributed by atoms with van der Waals surface area (Å²) in [6.07, 6.45) is -0.341. The number of hydrogen-bond acceptors (Lipinski definition) is 5. The molecule has 0 aliphatic heterocycles. The van der Waals surface area contributed by atoms with Crippen molar-refractivity contribution in [3.63, 3.8) is 0 Å². The fraction of sp³-hybridized carbons (Fsp3) is 0.857. The molecule has 2 N–H and O–H groups in total. The van der Waals surface area contributed by atoms with Crippen molar-refractivity contribution in [2.45, 2.75) is 12.5 Å². The summed E-state index contributed by atoms with van der Waals surface area (Å²) in [5.41, 5.74) is 0. The summed E-state index contributed by atoms with van der Waals surface area (Å²) in [6, 6.07) is 0. The van der Waals surface area contributed by atoms with Crippen LogP contribution in [0.25, 0.3) is 0 Å². The maximum absolute atomic E-state index is 10.6. The van der Waals surface area contributed by atoms with Crippen molar-refractivity contribution in [2.75, 3.05) is 25.2 Å². The summed E-state index contributed by atoms with van der Waals surface area (Å²) in [5, 5.41) is 17.3. The van der Waals surface area contributed by atoms with Crippen molar-refractivity contribution in [1.82, 2.24) is 0 Å². The summed E-state index contributed by atoms with van der Waals surface area (Å²) in [6.45, 7) is -0.231. The van der Waals surface area contributed by atoms with Gasteiger partial charge in [0.05, 0.1) is 26.2 Å². The molecule has 0 bridgehead atoms. The predicted molar refractivity (Wildman–Crippen MR) is 47.1 cm³/mol. The highest BCUT2D eigenvalue weighted by Gasteiger charge is 2.03. The van der Waals surface area contributed by atoms with Gasteiger partial charge in [0.2, 0.25) is 0 Å². The van der Waals surface area contributed by atoms with E-state index in [0.29, 0.717) is 17.9 Å². The SMILES string of the molecule is COC(=O)CCSCC(O)CO. The van der Waals surface area contributed by atoms with Crippen molar-refractivity contribution in [2.24, 2.45) is 0 Å². The van der Waals surface area contributed by atoms with Crippen LogP contribution in [0.3, 0.4) is 0 Å². The fourth-order valence-corrected chi connectivity index (χ4v) is 1.38. The Morgan fingerprint density at radius 1 is 1.67 bits per heavy atom. The van der Waals surface area contributed by atoms with Crippen LogP contribution in [-0.2, 0) is 9.53 Å². The van der Waals surface area contributed by atoms with E-state index in [0.717, 1.165) is 0 Å². The van der Waals surface area contributed by atoms with Crippen molar-refractivity contribution in [3.8, 4) is 0 Å². The molecular formula is C7H14O4S. The number of carbonyl (C=O) groups excluding carboxylic acids is 1. The van der Waals surface area contributed by atoms with Crippen LogP contribution in [-0.4, -0.2) is 47.5 Å². The summed E-state index contributed by atoms with van der Waals surface area (Å²) in [7, 11) is 1.34. The number of aliphatic hydroxyl groups is 2. The number of rotatable bonds is 6. The van der Waals surface area contributed by atoms with E-state index in [4.69, 9.17) is 10.2 Å². The smallest absolute Gasteiger partial charge is 0.306 e. The van der Waals surface area contributed by atoms with Gasteiger partial charge in [0.15, 0.2) is 0 Å². The fourth-order valence-electron chi connectivity index (χ4n) is 0.530. The molecule has 0 aliphatic carbocycles. The van der Waals surface area contributed by atoms with Gasteiger partial charge in [-0.05, 0) is 0 Å². The van der Waals surface area contributed by atoms with Gasteiger partial charge in [0, 0.05) is 11.5 Å². The van der Waals surface area contributed by atoms with Crippen LogP contribution >= 0.6 is 11.8 Å². The second-order valence-electron chi connectivity index (χ2n) is 2.24. The second kappa shape index (κ2) is 7.39. The zero-order chi connectivity index (χ0) is 9.40. The Bertz CT molecular complexity index is 129. The normalized spacial score (nSPS) is 12.6. The van der Waals surface area contributed by atoms with E-state index in [1.54, 1.807) is 0 Å². The van der Waals surface area contributed by atoms with Gasteiger partial charge in [0.25, 0.3) is 0 Å². The van der Waals surface area contributed by atoms with Crippen LogP contribution in [0.1, 0.15) is 6.42 Å². The lowest BCUT2D eigenvalue weighted by Gasteiger charge is -2.05. The summed E-state index contributed by atoms with van der Waals surface area (Å²) in [5.74, 6) is 0.818. The molecule has 0 aromatic heterocycles. The molecule has 12 heavy (non-hydrogen) atoms. The molecule has 0 fully saturated rings. The Kier molecular flexibility index (Phi) is 7.23. The van der Waals surface area contributed by atoms with E-state index in [-0.39, 0.29) is 12.6 Å². The maximum Gasteiger partial charge on any atom is 0.306 e. The standard InChI is InChI=1S/C7H14O4S/c1-11-7(10)2-3-12-5-6(9)4-8/h6,8-9H,2-5H2,1H3. The van der Waals surface area contributed by atoms with E-state index in [1.165, 1.54) is 18.9 Å². The maximum atomic E-state index is 10.6. The van der Waals surface area contributed by atoms with Crippen LogP contribution in [0.15, 0.2) is 0 Å². The third-order valence-corrected chi connectivity index (χ3v) is 2.31. The predicted octanol–water partition coefficient (Wildman–Crippen LogP) is -0.364. The highest BCUT2D eigenvalue weighted by Crippen LogP contribution is 2.04. The highest BCUT2D eigenvalue weighted by atomic mass is 32.2. The van der Waals surface area contributed by atoms with Crippen LogP contribution in [0, 0.1) is 0 Å². The number of carbonyl (C=O) groups is 1. The number of esters is 1. The average molecular weight is 194 g/mol.